The molecule has 0 saturated carbocycles. The summed E-state index contributed by atoms with van der Waals surface area (Å²) in [6.07, 6.45) is 5.68. The third kappa shape index (κ3) is 4.41. The number of piperidine rings is 1. The van der Waals surface area contributed by atoms with Gasteiger partial charge in [-0.2, -0.15) is 0 Å². The van der Waals surface area contributed by atoms with Crippen LogP contribution >= 0.6 is 11.8 Å². The lowest BCUT2D eigenvalue weighted by molar-refractivity contribution is -0.133. The summed E-state index contributed by atoms with van der Waals surface area (Å²) in [6.45, 7) is 3.30. The predicted molar refractivity (Wildman–Crippen MR) is 111 cm³/mol. The smallest absolute Gasteiger partial charge is 0.236 e. The van der Waals surface area contributed by atoms with Crippen LogP contribution in [-0.4, -0.2) is 56.7 Å². The molecule has 150 valence electrons. The van der Waals surface area contributed by atoms with E-state index in [-0.39, 0.29) is 11.9 Å². The summed E-state index contributed by atoms with van der Waals surface area (Å²) in [4.78, 5) is 17.1. The van der Waals surface area contributed by atoms with Crippen LogP contribution in [0.15, 0.2) is 35.5 Å². The molecular formula is C21H29N5OS. The highest BCUT2D eigenvalue weighted by Crippen LogP contribution is 2.32. The summed E-state index contributed by atoms with van der Waals surface area (Å²) in [5.74, 6) is 2.14. The van der Waals surface area contributed by atoms with E-state index in [9.17, 15) is 4.79 Å². The SMILES string of the molecule is Cn1c(SCc2ccccc2)nnc1C1CCCN1CC(=O)N1CCCCC1. The number of amides is 1. The van der Waals surface area contributed by atoms with Gasteiger partial charge in [-0.1, -0.05) is 42.1 Å². The fourth-order valence-electron chi connectivity index (χ4n) is 4.19. The maximum absolute atomic E-state index is 12.7. The van der Waals surface area contributed by atoms with E-state index in [4.69, 9.17) is 0 Å². The van der Waals surface area contributed by atoms with Crippen molar-refractivity contribution in [2.45, 2.75) is 49.1 Å². The van der Waals surface area contributed by atoms with Gasteiger partial charge in [0, 0.05) is 25.9 Å². The molecule has 28 heavy (non-hydrogen) atoms. The molecule has 2 aliphatic heterocycles. The first-order chi connectivity index (χ1) is 13.7. The summed E-state index contributed by atoms with van der Waals surface area (Å²) >= 11 is 1.71. The molecule has 3 heterocycles. The molecule has 4 rings (SSSR count). The van der Waals surface area contributed by atoms with Gasteiger partial charge < -0.3 is 9.47 Å². The van der Waals surface area contributed by atoms with Gasteiger partial charge in [0.1, 0.15) is 0 Å². The largest absolute Gasteiger partial charge is 0.342 e. The molecule has 2 aromatic rings. The molecule has 0 N–H and O–H groups in total. The van der Waals surface area contributed by atoms with Gasteiger partial charge in [-0.15, -0.1) is 10.2 Å². The summed E-state index contributed by atoms with van der Waals surface area (Å²) < 4.78 is 2.11. The van der Waals surface area contributed by atoms with Gasteiger partial charge in [0.15, 0.2) is 11.0 Å². The minimum Gasteiger partial charge on any atom is -0.342 e. The molecule has 0 bridgehead atoms. The summed E-state index contributed by atoms with van der Waals surface area (Å²) in [6, 6.07) is 10.6. The van der Waals surface area contributed by atoms with Crippen molar-refractivity contribution in [1.29, 1.82) is 0 Å². The normalized spacial score (nSPS) is 20.6. The van der Waals surface area contributed by atoms with E-state index in [0.717, 1.165) is 62.1 Å². The first-order valence-electron chi connectivity index (χ1n) is 10.3. The van der Waals surface area contributed by atoms with Crippen molar-refractivity contribution < 1.29 is 4.79 Å². The van der Waals surface area contributed by atoms with Crippen LogP contribution in [0.1, 0.15) is 49.5 Å². The average molecular weight is 400 g/mol. The second-order valence-corrected chi connectivity index (χ2v) is 8.69. The molecule has 2 saturated heterocycles. The molecule has 0 spiro atoms. The number of hydrogen-bond donors (Lipinski definition) is 0. The third-order valence-electron chi connectivity index (χ3n) is 5.79. The number of nitrogens with zero attached hydrogens (tertiary/aromatic N) is 5. The second-order valence-electron chi connectivity index (χ2n) is 7.74. The second kappa shape index (κ2) is 9.09. The molecule has 0 aliphatic carbocycles. The van der Waals surface area contributed by atoms with Gasteiger partial charge in [-0.05, 0) is 44.2 Å². The van der Waals surface area contributed by atoms with E-state index < -0.39 is 0 Å². The van der Waals surface area contributed by atoms with Gasteiger partial charge in [0.2, 0.25) is 5.91 Å². The minimum atomic E-state index is 0.192. The highest BCUT2D eigenvalue weighted by Gasteiger charge is 2.32. The number of carbonyl (C=O) groups excluding carboxylic acids is 1. The quantitative estimate of drug-likeness (QED) is 0.698. The number of likely N-dealkylation sites (tertiary alicyclic amines) is 2. The van der Waals surface area contributed by atoms with Crippen molar-refractivity contribution in [2.24, 2.45) is 7.05 Å². The van der Waals surface area contributed by atoms with Crippen molar-refractivity contribution in [2.75, 3.05) is 26.2 Å². The fourth-order valence-corrected chi connectivity index (χ4v) is 5.06. The zero-order valence-corrected chi connectivity index (χ0v) is 17.4. The Kier molecular flexibility index (Phi) is 6.32. The van der Waals surface area contributed by atoms with Gasteiger partial charge in [0.25, 0.3) is 0 Å². The Morgan fingerprint density at radius 3 is 2.64 bits per heavy atom. The number of thioether (sulfide) groups is 1. The van der Waals surface area contributed by atoms with E-state index in [0.29, 0.717) is 6.54 Å². The van der Waals surface area contributed by atoms with E-state index in [1.807, 2.05) is 18.0 Å². The van der Waals surface area contributed by atoms with Crippen LogP contribution < -0.4 is 0 Å². The molecule has 1 aromatic heterocycles. The van der Waals surface area contributed by atoms with Gasteiger partial charge >= 0.3 is 0 Å². The Bertz CT molecular complexity index is 787. The molecule has 1 unspecified atom stereocenters. The van der Waals surface area contributed by atoms with Crippen molar-refractivity contribution in [1.82, 2.24) is 24.6 Å². The Labute approximate surface area is 171 Å². The third-order valence-corrected chi connectivity index (χ3v) is 6.88. The first-order valence-corrected chi connectivity index (χ1v) is 11.3. The lowest BCUT2D eigenvalue weighted by atomic mass is 10.1. The molecule has 1 aromatic carbocycles. The van der Waals surface area contributed by atoms with Crippen LogP contribution in [-0.2, 0) is 17.6 Å². The minimum absolute atomic E-state index is 0.192. The van der Waals surface area contributed by atoms with Gasteiger partial charge in [-0.25, -0.2) is 0 Å². The van der Waals surface area contributed by atoms with Crippen LogP contribution in [0.3, 0.4) is 0 Å². The van der Waals surface area contributed by atoms with Crippen LogP contribution in [0.5, 0.6) is 0 Å². The number of benzene rings is 1. The van der Waals surface area contributed by atoms with Crippen molar-refractivity contribution in [3.8, 4) is 0 Å². The van der Waals surface area contributed by atoms with Gasteiger partial charge in [0.05, 0.1) is 12.6 Å². The maximum atomic E-state index is 12.7. The van der Waals surface area contributed by atoms with E-state index in [1.165, 1.54) is 12.0 Å². The molecule has 1 amide bonds. The molecule has 0 radical (unpaired) electrons. The zero-order chi connectivity index (χ0) is 19.3. The average Bonchev–Trinajstić information content (AvgIpc) is 3.34. The standard InChI is InChI=1S/C21H29N5OS/c1-24-20(22-23-21(24)28-16-17-9-4-2-5-10-17)18-11-8-14-26(18)15-19(27)25-12-6-3-7-13-25/h2,4-5,9-10,18H,3,6-8,11-16H2,1H3. The zero-order valence-electron chi connectivity index (χ0n) is 16.6. The Hall–Kier alpha value is -1.86. The number of hydrogen-bond acceptors (Lipinski definition) is 5. The van der Waals surface area contributed by atoms with Gasteiger partial charge in [-0.3, -0.25) is 9.69 Å². The highest BCUT2D eigenvalue weighted by molar-refractivity contribution is 7.98. The molecular weight excluding hydrogens is 370 g/mol. The fraction of sp³-hybridized carbons (Fsp3) is 0.571. The predicted octanol–water partition coefficient (Wildman–Crippen LogP) is 3.26. The van der Waals surface area contributed by atoms with Crippen molar-refractivity contribution >= 4 is 17.7 Å². The van der Waals surface area contributed by atoms with Crippen LogP contribution in [0.4, 0.5) is 0 Å². The Balaban J connectivity index is 1.40. The van der Waals surface area contributed by atoms with Crippen LogP contribution in [0.2, 0.25) is 0 Å². The van der Waals surface area contributed by atoms with Crippen LogP contribution in [0, 0.1) is 0 Å². The van der Waals surface area contributed by atoms with Crippen molar-refractivity contribution in [3.63, 3.8) is 0 Å². The molecule has 1 atom stereocenters. The summed E-state index contributed by atoms with van der Waals surface area (Å²) in [7, 11) is 2.05. The van der Waals surface area contributed by atoms with E-state index in [2.05, 4.69) is 43.9 Å². The number of aromatic nitrogens is 3. The van der Waals surface area contributed by atoms with Crippen molar-refractivity contribution in [3.05, 3.63) is 41.7 Å². The highest BCUT2D eigenvalue weighted by atomic mass is 32.2. The van der Waals surface area contributed by atoms with E-state index >= 15 is 0 Å². The number of carbonyl (C=O) groups is 1. The molecule has 2 aliphatic rings. The first kappa shape index (κ1) is 19.5. The van der Waals surface area contributed by atoms with E-state index in [1.54, 1.807) is 11.8 Å². The molecule has 6 nitrogen and oxygen atoms in total. The Morgan fingerprint density at radius 2 is 1.86 bits per heavy atom. The maximum Gasteiger partial charge on any atom is 0.236 e. The van der Waals surface area contributed by atoms with Crippen LogP contribution in [0.25, 0.3) is 0 Å². The lowest BCUT2D eigenvalue weighted by Gasteiger charge is -2.30. The monoisotopic (exact) mass is 399 g/mol. The summed E-state index contributed by atoms with van der Waals surface area (Å²) in [5.41, 5.74) is 1.28. The topological polar surface area (TPSA) is 54.3 Å². The molecule has 2 fully saturated rings. The lowest BCUT2D eigenvalue weighted by Crippen LogP contribution is -2.42. The molecule has 7 heteroatoms. The summed E-state index contributed by atoms with van der Waals surface area (Å²) in [5, 5.41) is 9.88. The Morgan fingerprint density at radius 1 is 1.07 bits per heavy atom. The number of rotatable bonds is 6.